The second-order valence-corrected chi connectivity index (χ2v) is 7.86. The normalized spacial score (nSPS) is 13.7. The van der Waals surface area contributed by atoms with Gasteiger partial charge in [-0.05, 0) is 54.0 Å². The number of carbonyl (C=O) groups is 2. The van der Waals surface area contributed by atoms with Crippen LogP contribution in [0.1, 0.15) is 27.9 Å². The number of para-hydroxylation sites is 1. The quantitative estimate of drug-likeness (QED) is 0.311. The molecule has 176 valence electrons. The third kappa shape index (κ3) is 7.54. The number of nitrogens with one attached hydrogen (secondary N) is 1. The highest BCUT2D eigenvalue weighted by atomic mass is 16.1. The van der Waals surface area contributed by atoms with E-state index in [0.29, 0.717) is 23.3 Å². The van der Waals surface area contributed by atoms with Gasteiger partial charge in [-0.25, -0.2) is 4.99 Å². The average molecular weight is 465 g/mol. The van der Waals surface area contributed by atoms with Gasteiger partial charge in [-0.1, -0.05) is 49.1 Å². The molecule has 0 aromatic heterocycles. The third-order valence-electron chi connectivity index (χ3n) is 5.26. The first-order valence-electron chi connectivity index (χ1n) is 11.2. The van der Waals surface area contributed by atoms with Crippen molar-refractivity contribution in [2.45, 2.75) is 19.8 Å². The minimum atomic E-state index is -0.280. The summed E-state index contributed by atoms with van der Waals surface area (Å²) >= 11 is 0. The molecule has 1 heterocycles. The first-order valence-corrected chi connectivity index (χ1v) is 11.2. The van der Waals surface area contributed by atoms with Gasteiger partial charge in [0.2, 0.25) is 0 Å². The van der Waals surface area contributed by atoms with E-state index >= 15 is 0 Å². The molecule has 0 radical (unpaired) electrons. The van der Waals surface area contributed by atoms with E-state index in [4.69, 9.17) is 0 Å². The number of benzene rings is 2. The molecule has 2 aromatic rings. The topological polar surface area (TPSA) is 83.2 Å². The van der Waals surface area contributed by atoms with Crippen molar-refractivity contribution in [3.63, 3.8) is 0 Å². The predicted octanol–water partition coefficient (Wildman–Crippen LogP) is 5.29. The Balaban J connectivity index is 1.60. The van der Waals surface area contributed by atoms with E-state index in [1.807, 2.05) is 49.4 Å². The molecule has 1 N–H and O–H groups in total. The van der Waals surface area contributed by atoms with Crippen molar-refractivity contribution in [3.8, 4) is 0 Å². The Morgan fingerprint density at radius 2 is 1.97 bits per heavy atom. The van der Waals surface area contributed by atoms with Crippen molar-refractivity contribution in [2.75, 3.05) is 7.05 Å². The van der Waals surface area contributed by atoms with Crippen molar-refractivity contribution in [1.29, 1.82) is 0 Å². The fourth-order valence-corrected chi connectivity index (χ4v) is 3.32. The van der Waals surface area contributed by atoms with E-state index in [0.717, 1.165) is 28.8 Å². The van der Waals surface area contributed by atoms with Gasteiger partial charge in [-0.2, -0.15) is 0 Å². The summed E-state index contributed by atoms with van der Waals surface area (Å²) in [6.45, 7) is 5.89. The molecule has 0 aliphatic carbocycles. The van der Waals surface area contributed by atoms with Crippen LogP contribution in [0.2, 0.25) is 0 Å². The number of aliphatic imine (C=N–C) groups is 3. The fraction of sp³-hybridized carbons (Fsp3) is 0.138. The maximum Gasteiger partial charge on any atom is 0.256 e. The van der Waals surface area contributed by atoms with Gasteiger partial charge < -0.3 is 5.32 Å². The first kappa shape index (κ1) is 25.2. The van der Waals surface area contributed by atoms with Crippen LogP contribution in [0.15, 0.2) is 112 Å². The van der Waals surface area contributed by atoms with Crippen molar-refractivity contribution in [2.24, 2.45) is 15.0 Å². The molecule has 0 saturated heterocycles. The van der Waals surface area contributed by atoms with Gasteiger partial charge >= 0.3 is 0 Å². The van der Waals surface area contributed by atoms with E-state index < -0.39 is 0 Å². The summed E-state index contributed by atoms with van der Waals surface area (Å²) in [6, 6.07) is 14.8. The summed E-state index contributed by atoms with van der Waals surface area (Å²) in [5.41, 5.74) is 5.01. The van der Waals surface area contributed by atoms with Gasteiger partial charge in [0.25, 0.3) is 5.91 Å². The summed E-state index contributed by atoms with van der Waals surface area (Å²) in [5, 5.41) is 2.69. The molecule has 0 spiro atoms. The lowest BCUT2D eigenvalue weighted by Gasteiger charge is -2.06. The minimum absolute atomic E-state index is 0.201. The van der Waals surface area contributed by atoms with Crippen LogP contribution in [-0.2, 0) is 11.2 Å². The summed E-state index contributed by atoms with van der Waals surface area (Å²) < 4.78 is 0. The van der Waals surface area contributed by atoms with Gasteiger partial charge in [0.05, 0.1) is 17.7 Å². The Bertz CT molecular complexity index is 1290. The number of ketones is 1. The summed E-state index contributed by atoms with van der Waals surface area (Å²) in [5.74, 6) is -0.481. The molecule has 3 rings (SSSR count). The molecule has 6 nitrogen and oxygen atoms in total. The Morgan fingerprint density at radius 3 is 2.77 bits per heavy atom. The molecule has 6 heteroatoms. The van der Waals surface area contributed by atoms with Crippen LogP contribution >= 0.6 is 0 Å². The molecule has 0 saturated carbocycles. The highest BCUT2D eigenvalue weighted by Gasteiger charge is 2.09. The van der Waals surface area contributed by atoms with Crippen LogP contribution in [0, 0.1) is 6.92 Å². The summed E-state index contributed by atoms with van der Waals surface area (Å²) in [4.78, 5) is 37.9. The lowest BCUT2D eigenvalue weighted by Crippen LogP contribution is -2.21. The second kappa shape index (κ2) is 12.7. The van der Waals surface area contributed by atoms with E-state index in [1.54, 1.807) is 43.7 Å². The van der Waals surface area contributed by atoms with Gasteiger partial charge in [0, 0.05) is 43.4 Å². The molecular formula is C29H28N4O2. The number of rotatable bonds is 9. The number of hydrogen-bond acceptors (Lipinski definition) is 5. The fourth-order valence-electron chi connectivity index (χ4n) is 3.32. The first-order chi connectivity index (χ1) is 17.0. The van der Waals surface area contributed by atoms with Crippen LogP contribution in [0.4, 0.5) is 5.69 Å². The van der Waals surface area contributed by atoms with Crippen LogP contribution in [0.5, 0.6) is 0 Å². The standard InChI is InChI=1S/C29H28N4O2/c1-21-9-4-5-13-26(21)32-20-33-29(35)24-12-8-10-23(18-24)17-22(2)28(34)15-14-27(30-3)25-11-6-7-16-31-19-25/h4-6,8-16,18-20H,2,7,17H2,1,3H3,(H,32,33,35)/b15-14-,30-27?. The number of aryl methyl sites for hydroxylation is 1. The Labute approximate surface area is 205 Å². The van der Waals surface area contributed by atoms with Gasteiger partial charge in [-0.15, -0.1) is 0 Å². The SMILES string of the molecule is C=C(Cc1cccc(C(=O)NC=Nc2ccccc2C)c1)C(=O)/C=C\C(=NC)C1=CN=CCC=C1. The number of carbonyl (C=O) groups excluding carboxylic acids is 2. The van der Waals surface area contributed by atoms with Crippen LogP contribution in [0.3, 0.4) is 0 Å². The third-order valence-corrected chi connectivity index (χ3v) is 5.26. The lowest BCUT2D eigenvalue weighted by atomic mass is 10.00. The zero-order chi connectivity index (χ0) is 25.0. The van der Waals surface area contributed by atoms with Crippen LogP contribution < -0.4 is 5.32 Å². The van der Waals surface area contributed by atoms with Gasteiger partial charge in [0.15, 0.2) is 5.78 Å². The number of hydrogen-bond donors (Lipinski definition) is 1. The lowest BCUT2D eigenvalue weighted by molar-refractivity contribution is -0.111. The molecular weight excluding hydrogens is 436 g/mol. The number of nitrogens with zero attached hydrogens (tertiary/aromatic N) is 3. The van der Waals surface area contributed by atoms with E-state index in [2.05, 4.69) is 26.9 Å². The Morgan fingerprint density at radius 1 is 1.14 bits per heavy atom. The Kier molecular flexibility index (Phi) is 9.14. The molecule has 0 bridgehead atoms. The zero-order valence-corrected chi connectivity index (χ0v) is 19.9. The summed E-state index contributed by atoms with van der Waals surface area (Å²) in [7, 11) is 1.67. The summed E-state index contributed by atoms with van der Waals surface area (Å²) in [6.07, 6.45) is 13.0. The smallest absolute Gasteiger partial charge is 0.256 e. The predicted molar refractivity (Wildman–Crippen MR) is 144 cm³/mol. The van der Waals surface area contributed by atoms with Crippen molar-refractivity contribution < 1.29 is 9.59 Å². The molecule has 1 amide bonds. The highest BCUT2D eigenvalue weighted by molar-refractivity contribution is 6.15. The van der Waals surface area contributed by atoms with Crippen LogP contribution in [-0.4, -0.2) is 37.0 Å². The van der Waals surface area contributed by atoms with Crippen molar-refractivity contribution >= 4 is 35.6 Å². The molecule has 1 aliphatic heterocycles. The maximum atomic E-state index is 12.6. The molecule has 0 atom stereocenters. The minimum Gasteiger partial charge on any atom is -0.313 e. The molecule has 2 aromatic carbocycles. The maximum absolute atomic E-state index is 12.6. The largest absolute Gasteiger partial charge is 0.313 e. The highest BCUT2D eigenvalue weighted by Crippen LogP contribution is 2.16. The molecule has 1 aliphatic rings. The van der Waals surface area contributed by atoms with Gasteiger partial charge in [-0.3, -0.25) is 19.6 Å². The number of amides is 1. The van der Waals surface area contributed by atoms with Crippen molar-refractivity contribution in [1.82, 2.24) is 5.32 Å². The second-order valence-electron chi connectivity index (χ2n) is 7.86. The van der Waals surface area contributed by atoms with Crippen molar-refractivity contribution in [3.05, 3.63) is 113 Å². The zero-order valence-electron chi connectivity index (χ0n) is 19.9. The van der Waals surface area contributed by atoms with E-state index in [-0.39, 0.29) is 11.7 Å². The van der Waals surface area contributed by atoms with Crippen LogP contribution in [0.25, 0.3) is 0 Å². The van der Waals surface area contributed by atoms with Gasteiger partial charge in [0.1, 0.15) is 0 Å². The Hall–Kier alpha value is -4.45. The average Bonchev–Trinajstić information content (AvgIpc) is 3.15. The number of allylic oxidation sites excluding steroid dienone is 6. The van der Waals surface area contributed by atoms with E-state index in [1.165, 1.54) is 12.4 Å². The van der Waals surface area contributed by atoms with E-state index in [9.17, 15) is 9.59 Å². The molecule has 35 heavy (non-hydrogen) atoms. The molecule has 0 unspecified atom stereocenters. The molecule has 0 fully saturated rings. The monoisotopic (exact) mass is 464 g/mol.